The number of phosphoric acid groups is 1. The third kappa shape index (κ3) is 22.7. The van der Waals surface area contributed by atoms with Gasteiger partial charge in [-0.05, 0) is 10.5 Å². The highest BCUT2D eigenvalue weighted by molar-refractivity contribution is 9.11. The standard InChI is InChI=1S/C9H15O4P.C2H3Br.C2H3Cl/c1-4-7-11-14(10,12-8-5-2)13-9-6-3;2*1-2-3/h4-6H,1-3,7-9H2;2*2H,1H2. The lowest BCUT2D eigenvalue weighted by atomic mass is 10.7. The highest BCUT2D eigenvalue weighted by Crippen LogP contribution is 2.49. The van der Waals surface area contributed by atoms with Crippen LogP contribution in [-0.4, -0.2) is 19.8 Å². The van der Waals surface area contributed by atoms with Crippen LogP contribution in [-0.2, 0) is 18.1 Å². The second kappa shape index (κ2) is 20.9. The Bertz CT molecular complexity index is 277. The van der Waals surface area contributed by atoms with Crippen LogP contribution in [0.5, 0.6) is 0 Å². The van der Waals surface area contributed by atoms with E-state index < -0.39 is 7.82 Å². The molecular weight excluding hydrogens is 366 g/mol. The van der Waals surface area contributed by atoms with Gasteiger partial charge in [-0.2, -0.15) is 0 Å². The average molecular weight is 388 g/mol. The zero-order valence-electron chi connectivity index (χ0n) is 11.4. The Labute approximate surface area is 135 Å². The van der Waals surface area contributed by atoms with E-state index in [9.17, 15) is 4.57 Å². The molecule has 0 spiro atoms. The molecule has 0 aliphatic heterocycles. The van der Waals surface area contributed by atoms with Crippen LogP contribution in [0.15, 0.2) is 61.6 Å². The van der Waals surface area contributed by atoms with Gasteiger partial charge in [0.25, 0.3) is 0 Å². The molecule has 0 heterocycles. The van der Waals surface area contributed by atoms with Crippen molar-refractivity contribution >= 4 is 35.4 Å². The summed E-state index contributed by atoms with van der Waals surface area (Å²) in [6.45, 7) is 17.0. The van der Waals surface area contributed by atoms with Crippen LogP contribution in [0.2, 0.25) is 0 Å². The minimum atomic E-state index is -3.48. The van der Waals surface area contributed by atoms with Crippen LogP contribution in [0.3, 0.4) is 0 Å². The predicted molar refractivity (Wildman–Crippen MR) is 91.2 cm³/mol. The molecule has 4 nitrogen and oxygen atoms in total. The van der Waals surface area contributed by atoms with E-state index >= 15 is 0 Å². The smallest absolute Gasteiger partial charge is 0.283 e. The Morgan fingerprint density at radius 3 is 1.25 bits per heavy atom. The van der Waals surface area contributed by atoms with E-state index in [4.69, 9.17) is 25.2 Å². The first-order valence-electron chi connectivity index (χ1n) is 5.30. The van der Waals surface area contributed by atoms with E-state index in [0.717, 1.165) is 0 Å². The highest BCUT2D eigenvalue weighted by atomic mass is 79.9. The molecule has 20 heavy (non-hydrogen) atoms. The van der Waals surface area contributed by atoms with Gasteiger partial charge >= 0.3 is 7.82 Å². The first-order chi connectivity index (χ1) is 9.51. The van der Waals surface area contributed by atoms with Gasteiger partial charge in [0, 0.05) is 0 Å². The molecule has 0 aliphatic rings. The zero-order chi connectivity index (χ0) is 16.3. The SMILES string of the molecule is C=CBr.C=CCOP(=O)(OCC=C)OCC=C.C=CCl. The van der Waals surface area contributed by atoms with Crippen LogP contribution < -0.4 is 0 Å². The Morgan fingerprint density at radius 2 is 1.10 bits per heavy atom. The number of hydrogen-bond donors (Lipinski definition) is 0. The lowest BCUT2D eigenvalue weighted by Gasteiger charge is -2.15. The largest absolute Gasteiger partial charge is 0.475 e. The topological polar surface area (TPSA) is 44.8 Å². The number of halogens is 2. The fourth-order valence-electron chi connectivity index (χ4n) is 0.544. The van der Waals surface area contributed by atoms with Crippen LogP contribution >= 0.6 is 35.4 Å². The normalized spacial score (nSPS) is 8.90. The van der Waals surface area contributed by atoms with Gasteiger partial charge in [0.15, 0.2) is 0 Å². The lowest BCUT2D eigenvalue weighted by Crippen LogP contribution is -2.00. The van der Waals surface area contributed by atoms with Crippen molar-refractivity contribution in [1.82, 2.24) is 0 Å². The van der Waals surface area contributed by atoms with Gasteiger partial charge in [-0.3, -0.25) is 13.6 Å². The van der Waals surface area contributed by atoms with Crippen molar-refractivity contribution in [2.24, 2.45) is 0 Å². The minimum Gasteiger partial charge on any atom is -0.283 e. The second-order valence-corrected chi connectivity index (χ2v) is 5.13. The maximum atomic E-state index is 11.7. The Balaban J connectivity index is -0.000000408. The Kier molecular flexibility index (Phi) is 25.7. The van der Waals surface area contributed by atoms with Gasteiger partial charge in [-0.25, -0.2) is 4.57 Å². The predicted octanol–water partition coefficient (Wildman–Crippen LogP) is 5.60. The monoisotopic (exact) mass is 386 g/mol. The number of rotatable bonds is 9. The molecule has 0 aromatic rings. The molecule has 0 aromatic carbocycles. The summed E-state index contributed by atoms with van der Waals surface area (Å²) in [5.41, 5.74) is 1.22. The fraction of sp³-hybridized carbons (Fsp3) is 0.231. The van der Waals surface area contributed by atoms with E-state index in [1.165, 1.54) is 23.8 Å². The first-order valence-corrected chi connectivity index (χ1v) is 8.11. The summed E-state index contributed by atoms with van der Waals surface area (Å²) in [4.78, 5) is 1.56. The van der Waals surface area contributed by atoms with Crippen molar-refractivity contribution in [2.75, 3.05) is 19.8 Å². The van der Waals surface area contributed by atoms with Crippen LogP contribution in [0.4, 0.5) is 0 Å². The van der Waals surface area contributed by atoms with E-state index in [0.29, 0.717) is 0 Å². The summed E-state index contributed by atoms with van der Waals surface area (Å²) >= 11 is 7.67. The number of phosphoric ester groups is 1. The second-order valence-electron chi connectivity index (χ2n) is 2.51. The first kappa shape index (κ1) is 24.6. The highest BCUT2D eigenvalue weighted by Gasteiger charge is 2.24. The molecule has 0 unspecified atom stereocenters. The summed E-state index contributed by atoms with van der Waals surface area (Å²) in [5.74, 6) is 0. The average Bonchev–Trinajstić information content (AvgIpc) is 2.43. The zero-order valence-corrected chi connectivity index (χ0v) is 14.6. The molecule has 0 atom stereocenters. The third-order valence-corrected chi connectivity index (χ3v) is 2.45. The molecule has 0 aliphatic carbocycles. The molecule has 0 amide bonds. The van der Waals surface area contributed by atoms with E-state index in [2.05, 4.69) is 48.8 Å². The fourth-order valence-corrected chi connectivity index (χ4v) is 1.63. The maximum Gasteiger partial charge on any atom is 0.475 e. The molecule has 0 rings (SSSR count). The van der Waals surface area contributed by atoms with Crippen molar-refractivity contribution in [3.05, 3.63) is 61.6 Å². The summed E-state index contributed by atoms with van der Waals surface area (Å²) < 4.78 is 26.3. The Hall–Kier alpha value is -0.420. The summed E-state index contributed by atoms with van der Waals surface area (Å²) in [6, 6.07) is 0. The third-order valence-electron chi connectivity index (χ3n) is 1.05. The summed E-state index contributed by atoms with van der Waals surface area (Å²) in [6.07, 6.45) is 4.38. The van der Waals surface area contributed by atoms with E-state index in [1.807, 2.05) is 0 Å². The van der Waals surface area contributed by atoms with Gasteiger partial charge in [0.05, 0.1) is 19.8 Å². The molecule has 0 N–H and O–H groups in total. The van der Waals surface area contributed by atoms with E-state index in [1.54, 1.807) is 4.99 Å². The van der Waals surface area contributed by atoms with Crippen molar-refractivity contribution in [3.63, 3.8) is 0 Å². The van der Waals surface area contributed by atoms with E-state index in [-0.39, 0.29) is 19.8 Å². The van der Waals surface area contributed by atoms with Gasteiger partial charge in [0.1, 0.15) is 0 Å². The van der Waals surface area contributed by atoms with Gasteiger partial charge in [-0.15, -0.1) is 19.7 Å². The van der Waals surface area contributed by atoms with Crippen molar-refractivity contribution in [2.45, 2.75) is 0 Å². The van der Waals surface area contributed by atoms with Crippen LogP contribution in [0.25, 0.3) is 0 Å². The van der Waals surface area contributed by atoms with Gasteiger partial charge < -0.3 is 0 Å². The van der Waals surface area contributed by atoms with Gasteiger partial charge in [0.2, 0.25) is 0 Å². The molecule has 0 radical (unpaired) electrons. The van der Waals surface area contributed by atoms with Crippen molar-refractivity contribution in [3.8, 4) is 0 Å². The summed E-state index contributed by atoms with van der Waals surface area (Å²) in [7, 11) is -3.48. The van der Waals surface area contributed by atoms with Crippen molar-refractivity contribution < 1.29 is 18.1 Å². The molecule has 7 heteroatoms. The molecule has 0 bridgehead atoms. The molecule has 116 valence electrons. The number of hydrogen-bond acceptors (Lipinski definition) is 4. The van der Waals surface area contributed by atoms with Gasteiger partial charge in [-0.1, -0.05) is 58.9 Å². The van der Waals surface area contributed by atoms with Crippen molar-refractivity contribution in [1.29, 1.82) is 0 Å². The van der Waals surface area contributed by atoms with Crippen LogP contribution in [0, 0.1) is 0 Å². The molecule has 0 saturated heterocycles. The summed E-state index contributed by atoms with van der Waals surface area (Å²) in [5, 5.41) is 0. The molecule has 0 aromatic heterocycles. The molecule has 0 fully saturated rings. The quantitative estimate of drug-likeness (QED) is 0.382. The lowest BCUT2D eigenvalue weighted by molar-refractivity contribution is 0.141. The van der Waals surface area contributed by atoms with Crippen LogP contribution in [0.1, 0.15) is 0 Å². The minimum absolute atomic E-state index is 0.103. The Morgan fingerprint density at radius 1 is 0.900 bits per heavy atom. The molecule has 0 saturated carbocycles. The maximum absolute atomic E-state index is 11.7. The molecular formula is C13H21BrClO4P.